The van der Waals surface area contributed by atoms with Gasteiger partial charge in [0.1, 0.15) is 28.7 Å². The lowest BCUT2D eigenvalue weighted by Crippen LogP contribution is -2.60. The summed E-state index contributed by atoms with van der Waals surface area (Å²) in [6, 6.07) is 11.7. The number of aromatic nitrogens is 2. The number of rotatable bonds is 11. The number of phenolic OH excluding ortho intramolecular Hbond substituents is 2. The topological polar surface area (TPSA) is 264 Å². The first-order chi connectivity index (χ1) is 20.7. The largest absolute Gasteiger partial charge is 0.507 e. The van der Waals surface area contributed by atoms with Gasteiger partial charge in [-0.3, -0.25) is 10.2 Å². The molecule has 1 aromatic heterocycles. The van der Waals surface area contributed by atoms with Crippen LogP contribution in [0.1, 0.15) is 30.5 Å². The Hall–Kier alpha value is -5.18. The standard InChI is InChI=1S/C30H35N7O7/c1-29(2,27(43)37-30(12-38,13-39)14-40)17-9-19(18-7-15(3-6-23(18)41)11-34-28(33)44)24(42)20(10-17)26-35-21-5-4-16(25(31)32)8-22(21)36-26/h3-10,38-42H,11-14H2,1-2H3,(H3,31,32)(H,35,36)(H,37,43)(H3,33,34,44). The van der Waals surface area contributed by atoms with Gasteiger partial charge in [0.05, 0.1) is 41.8 Å². The highest BCUT2D eigenvalue weighted by Gasteiger charge is 2.38. The van der Waals surface area contributed by atoms with Crippen molar-refractivity contribution < 1.29 is 35.1 Å². The van der Waals surface area contributed by atoms with E-state index in [0.29, 0.717) is 27.7 Å². The Balaban J connectivity index is 1.94. The molecule has 3 aromatic carbocycles. The highest BCUT2D eigenvalue weighted by molar-refractivity contribution is 5.98. The number of imidazole rings is 1. The number of H-pyrrole nitrogens is 1. The van der Waals surface area contributed by atoms with Gasteiger partial charge in [-0.05, 0) is 67.4 Å². The number of nitrogens with one attached hydrogen (secondary N) is 4. The van der Waals surface area contributed by atoms with Crippen LogP contribution in [0.4, 0.5) is 4.79 Å². The van der Waals surface area contributed by atoms with E-state index in [0.717, 1.165) is 0 Å². The Morgan fingerprint density at radius 2 is 1.59 bits per heavy atom. The Labute approximate surface area is 251 Å². The number of amides is 3. The van der Waals surface area contributed by atoms with Gasteiger partial charge in [-0.15, -0.1) is 0 Å². The number of aromatic amines is 1. The summed E-state index contributed by atoms with van der Waals surface area (Å²) in [7, 11) is 0. The van der Waals surface area contributed by atoms with E-state index in [1.165, 1.54) is 18.2 Å². The van der Waals surface area contributed by atoms with Crippen LogP contribution >= 0.6 is 0 Å². The normalized spacial score (nSPS) is 11.8. The van der Waals surface area contributed by atoms with Crippen molar-refractivity contribution in [3.8, 4) is 34.0 Å². The number of carbonyl (C=O) groups excluding carboxylic acids is 2. The van der Waals surface area contributed by atoms with Gasteiger partial charge in [0.15, 0.2) is 0 Å². The summed E-state index contributed by atoms with van der Waals surface area (Å²) >= 11 is 0. The van der Waals surface area contributed by atoms with E-state index in [4.69, 9.17) is 16.9 Å². The predicted octanol–water partition coefficient (Wildman–Crippen LogP) is 0.870. The fourth-order valence-electron chi connectivity index (χ4n) is 4.58. The summed E-state index contributed by atoms with van der Waals surface area (Å²) in [6.07, 6.45) is 0. The van der Waals surface area contributed by atoms with Gasteiger partial charge in [-0.25, -0.2) is 9.78 Å². The van der Waals surface area contributed by atoms with Crippen molar-refractivity contribution >= 4 is 28.8 Å². The molecule has 0 fully saturated rings. The summed E-state index contributed by atoms with van der Waals surface area (Å²) in [5.74, 6) is -1.09. The van der Waals surface area contributed by atoms with Crippen LogP contribution in [0.3, 0.4) is 0 Å². The van der Waals surface area contributed by atoms with Gasteiger partial charge < -0.3 is 52.6 Å². The smallest absolute Gasteiger partial charge is 0.312 e. The number of primary amides is 1. The van der Waals surface area contributed by atoms with Crippen molar-refractivity contribution in [2.75, 3.05) is 19.8 Å². The number of hydrogen-bond donors (Lipinski definition) is 11. The van der Waals surface area contributed by atoms with Crippen LogP contribution in [-0.4, -0.2) is 78.6 Å². The first kappa shape index (κ1) is 31.7. The predicted molar refractivity (Wildman–Crippen MR) is 163 cm³/mol. The molecular weight excluding hydrogens is 570 g/mol. The molecule has 232 valence electrons. The average Bonchev–Trinajstić information content (AvgIpc) is 3.42. The molecule has 3 amide bonds. The molecule has 13 N–H and O–H groups in total. The van der Waals surface area contributed by atoms with Crippen LogP contribution in [0.15, 0.2) is 48.5 Å². The molecule has 0 saturated heterocycles. The van der Waals surface area contributed by atoms with E-state index in [9.17, 15) is 35.1 Å². The highest BCUT2D eigenvalue weighted by Crippen LogP contribution is 2.44. The summed E-state index contributed by atoms with van der Waals surface area (Å²) in [5, 5.41) is 64.5. The number of aliphatic hydroxyl groups is 3. The molecule has 14 heteroatoms. The fraction of sp³-hybridized carbons (Fsp3) is 0.267. The fourth-order valence-corrected chi connectivity index (χ4v) is 4.58. The lowest BCUT2D eigenvalue weighted by atomic mass is 9.80. The molecule has 0 aliphatic carbocycles. The summed E-state index contributed by atoms with van der Waals surface area (Å²) < 4.78 is 0. The van der Waals surface area contributed by atoms with Gasteiger partial charge in [-0.2, -0.15) is 0 Å². The molecule has 0 unspecified atom stereocenters. The van der Waals surface area contributed by atoms with Crippen LogP contribution in [0, 0.1) is 5.41 Å². The van der Waals surface area contributed by atoms with Gasteiger partial charge in [0.25, 0.3) is 0 Å². The zero-order chi connectivity index (χ0) is 32.4. The molecule has 4 aromatic rings. The summed E-state index contributed by atoms with van der Waals surface area (Å²) in [4.78, 5) is 32.6. The van der Waals surface area contributed by atoms with Crippen molar-refractivity contribution in [1.82, 2.24) is 20.6 Å². The van der Waals surface area contributed by atoms with E-state index >= 15 is 0 Å². The van der Waals surface area contributed by atoms with Crippen molar-refractivity contribution in [2.45, 2.75) is 31.3 Å². The van der Waals surface area contributed by atoms with Crippen LogP contribution in [-0.2, 0) is 16.8 Å². The molecule has 14 nitrogen and oxygen atoms in total. The number of urea groups is 1. The van der Waals surface area contributed by atoms with Crippen LogP contribution in [0.25, 0.3) is 33.5 Å². The van der Waals surface area contributed by atoms with Crippen molar-refractivity contribution in [1.29, 1.82) is 5.41 Å². The third kappa shape index (κ3) is 6.13. The minimum absolute atomic E-state index is 0.0391. The minimum Gasteiger partial charge on any atom is -0.507 e. The number of fused-ring (bicyclic) bond motifs is 1. The molecule has 0 spiro atoms. The number of aliphatic hydroxyl groups excluding tert-OH is 3. The molecule has 0 aliphatic rings. The van der Waals surface area contributed by atoms with Crippen LogP contribution in [0.5, 0.6) is 11.5 Å². The van der Waals surface area contributed by atoms with Gasteiger partial charge >= 0.3 is 6.03 Å². The Kier molecular flexibility index (Phi) is 8.81. The van der Waals surface area contributed by atoms with E-state index in [1.807, 2.05) is 0 Å². The van der Waals surface area contributed by atoms with E-state index in [1.54, 1.807) is 44.2 Å². The maximum atomic E-state index is 13.6. The zero-order valence-corrected chi connectivity index (χ0v) is 24.1. The molecule has 1 heterocycles. The second-order valence-corrected chi connectivity index (χ2v) is 11.1. The monoisotopic (exact) mass is 605 g/mol. The van der Waals surface area contributed by atoms with E-state index in [2.05, 4.69) is 20.6 Å². The maximum absolute atomic E-state index is 13.6. The lowest BCUT2D eigenvalue weighted by Gasteiger charge is -2.34. The molecule has 0 radical (unpaired) electrons. The van der Waals surface area contributed by atoms with Crippen LogP contribution in [0.2, 0.25) is 0 Å². The number of amidine groups is 1. The molecule has 4 rings (SSSR count). The number of carbonyl (C=O) groups is 2. The first-order valence-electron chi connectivity index (χ1n) is 13.5. The van der Waals surface area contributed by atoms with Crippen LogP contribution < -0.4 is 22.1 Å². The third-order valence-electron chi connectivity index (χ3n) is 7.55. The quantitative estimate of drug-likeness (QED) is 0.0854. The third-order valence-corrected chi connectivity index (χ3v) is 7.55. The summed E-state index contributed by atoms with van der Waals surface area (Å²) in [5.41, 5.74) is 10.6. The number of benzene rings is 3. The number of nitrogens with zero attached hydrogens (tertiary/aromatic N) is 1. The average molecular weight is 606 g/mol. The lowest BCUT2D eigenvalue weighted by molar-refractivity contribution is -0.130. The molecule has 0 aliphatic heterocycles. The van der Waals surface area contributed by atoms with E-state index < -0.39 is 42.7 Å². The number of nitrogen functional groups attached to an aromatic ring is 1. The number of aromatic hydroxyl groups is 2. The minimum atomic E-state index is -1.69. The van der Waals surface area contributed by atoms with Gasteiger partial charge in [-0.1, -0.05) is 6.07 Å². The van der Waals surface area contributed by atoms with Crippen molar-refractivity contribution in [3.63, 3.8) is 0 Å². The zero-order valence-electron chi connectivity index (χ0n) is 24.1. The number of nitrogens with two attached hydrogens (primary N) is 2. The molecular formula is C30H35N7O7. The number of phenols is 2. The van der Waals surface area contributed by atoms with Crippen molar-refractivity contribution in [2.24, 2.45) is 11.5 Å². The highest BCUT2D eigenvalue weighted by atomic mass is 16.3. The molecule has 0 atom stereocenters. The first-order valence-corrected chi connectivity index (χ1v) is 13.5. The second kappa shape index (κ2) is 12.2. The Morgan fingerprint density at radius 1 is 0.932 bits per heavy atom. The van der Waals surface area contributed by atoms with Crippen molar-refractivity contribution in [3.05, 3.63) is 65.2 Å². The summed E-state index contributed by atoms with van der Waals surface area (Å²) in [6.45, 7) is 1.00. The van der Waals surface area contributed by atoms with Gasteiger partial charge in [0.2, 0.25) is 5.91 Å². The Morgan fingerprint density at radius 3 is 2.20 bits per heavy atom. The molecule has 44 heavy (non-hydrogen) atoms. The van der Waals surface area contributed by atoms with Gasteiger partial charge in [0, 0.05) is 23.2 Å². The second-order valence-electron chi connectivity index (χ2n) is 11.1. The Bertz CT molecular complexity index is 1740. The number of hydrogen-bond acceptors (Lipinski definition) is 9. The SMILES string of the molecule is CC(C)(C(=O)NC(CO)(CO)CO)c1cc(-c2nc3ccc(C(=N)N)cc3[nH]2)c(O)c(-c2cc(CNC(N)=O)ccc2O)c1. The molecule has 0 bridgehead atoms. The maximum Gasteiger partial charge on any atom is 0.312 e. The van der Waals surface area contributed by atoms with E-state index in [-0.39, 0.29) is 46.4 Å². The molecule has 0 saturated carbocycles.